The lowest BCUT2D eigenvalue weighted by atomic mass is 10.1. The lowest BCUT2D eigenvalue weighted by Crippen LogP contribution is -2.44. The minimum atomic E-state index is -2.84. The van der Waals surface area contributed by atoms with Crippen molar-refractivity contribution in [2.75, 3.05) is 24.5 Å². The number of ether oxygens (including phenoxy) is 1. The molecule has 4 rings (SSSR count). The van der Waals surface area contributed by atoms with E-state index in [0.29, 0.717) is 18.8 Å². The molecule has 176 valence electrons. The first-order valence-corrected chi connectivity index (χ1v) is 10.8. The van der Waals surface area contributed by atoms with Crippen LogP contribution in [0.4, 0.5) is 14.5 Å². The summed E-state index contributed by atoms with van der Waals surface area (Å²) in [5.74, 6) is 0.927. The van der Waals surface area contributed by atoms with E-state index < -0.39 is 6.61 Å². The highest BCUT2D eigenvalue weighted by Gasteiger charge is 2.26. The number of nitrogens with zero attached hydrogens (tertiary/aromatic N) is 3. The second kappa shape index (κ2) is 12.0. The van der Waals surface area contributed by atoms with Crippen molar-refractivity contribution < 1.29 is 13.5 Å². The number of guanidine groups is 1. The van der Waals surface area contributed by atoms with Crippen molar-refractivity contribution in [2.24, 2.45) is 4.99 Å². The van der Waals surface area contributed by atoms with E-state index in [1.54, 1.807) is 18.3 Å². The number of nitrogens with one attached hydrogen (secondary N) is 2. The Labute approximate surface area is 209 Å². The van der Waals surface area contributed by atoms with Crippen LogP contribution in [-0.4, -0.2) is 43.2 Å². The first kappa shape index (κ1) is 24.9. The van der Waals surface area contributed by atoms with Gasteiger partial charge in [0, 0.05) is 37.3 Å². The summed E-state index contributed by atoms with van der Waals surface area (Å²) >= 11 is 0. The van der Waals surface area contributed by atoms with Crippen LogP contribution in [0.3, 0.4) is 0 Å². The van der Waals surface area contributed by atoms with Gasteiger partial charge in [-0.3, -0.25) is 4.98 Å². The first-order chi connectivity index (χ1) is 15.6. The molecule has 0 saturated carbocycles. The Hall–Kier alpha value is -2.69. The Kier molecular flexibility index (Phi) is 9.04. The van der Waals surface area contributed by atoms with Crippen LogP contribution in [0.25, 0.3) is 10.9 Å². The number of aliphatic imine (C=N–C) groups is 1. The van der Waals surface area contributed by atoms with E-state index in [1.807, 2.05) is 49.4 Å². The zero-order valence-corrected chi connectivity index (χ0v) is 20.7. The second-order valence-electron chi connectivity index (χ2n) is 7.61. The van der Waals surface area contributed by atoms with Crippen molar-refractivity contribution in [3.05, 3.63) is 66.4 Å². The molecule has 1 fully saturated rings. The summed E-state index contributed by atoms with van der Waals surface area (Å²) in [6.45, 7) is 1.84. The maximum atomic E-state index is 12.8. The van der Waals surface area contributed by atoms with E-state index >= 15 is 0 Å². The predicted octanol–water partition coefficient (Wildman–Crippen LogP) is 4.79. The van der Waals surface area contributed by atoms with Crippen molar-refractivity contribution >= 4 is 46.5 Å². The van der Waals surface area contributed by atoms with Crippen molar-refractivity contribution in [3.8, 4) is 5.75 Å². The number of para-hydroxylation sites is 3. The molecule has 0 radical (unpaired) electrons. The van der Waals surface area contributed by atoms with Crippen LogP contribution in [0.15, 0.2) is 65.8 Å². The molecule has 1 aliphatic rings. The summed E-state index contributed by atoms with van der Waals surface area (Å²) in [5.41, 5.74) is 2.70. The molecule has 0 bridgehead atoms. The van der Waals surface area contributed by atoms with Crippen LogP contribution in [0.2, 0.25) is 0 Å². The summed E-state index contributed by atoms with van der Waals surface area (Å²) in [4.78, 5) is 11.3. The van der Waals surface area contributed by atoms with Crippen LogP contribution >= 0.6 is 24.0 Å². The van der Waals surface area contributed by atoms with Gasteiger partial charge in [0.15, 0.2) is 5.96 Å². The Morgan fingerprint density at radius 3 is 2.82 bits per heavy atom. The molecule has 33 heavy (non-hydrogen) atoms. The van der Waals surface area contributed by atoms with Gasteiger partial charge in [-0.2, -0.15) is 8.78 Å². The molecule has 6 nitrogen and oxygen atoms in total. The number of aromatic nitrogens is 1. The molecule has 1 atom stereocenters. The standard InChI is InChI=1S/C24H27F2N5O.HI/c1-2-27-24(29-15-18-8-5-7-17-9-6-13-28-22(17)18)30-19-12-14-31(16-19)20-10-3-4-11-21(20)32-23(25)26;/h3-11,13,19,23H,2,12,14-16H2,1H3,(H2,27,29,30);1H. The topological polar surface area (TPSA) is 61.8 Å². The smallest absolute Gasteiger partial charge is 0.387 e. The molecular weight excluding hydrogens is 539 g/mol. The van der Waals surface area contributed by atoms with Crippen molar-refractivity contribution in [1.29, 1.82) is 0 Å². The summed E-state index contributed by atoms with van der Waals surface area (Å²) < 4.78 is 30.2. The normalized spacial score (nSPS) is 16.1. The van der Waals surface area contributed by atoms with E-state index in [4.69, 9.17) is 9.73 Å². The number of anilines is 1. The third kappa shape index (κ3) is 6.43. The van der Waals surface area contributed by atoms with Gasteiger partial charge >= 0.3 is 6.61 Å². The van der Waals surface area contributed by atoms with Gasteiger partial charge in [0.05, 0.1) is 17.7 Å². The van der Waals surface area contributed by atoms with Crippen LogP contribution < -0.4 is 20.3 Å². The predicted molar refractivity (Wildman–Crippen MR) is 139 cm³/mol. The first-order valence-electron chi connectivity index (χ1n) is 10.8. The number of rotatable bonds is 7. The van der Waals surface area contributed by atoms with Crippen molar-refractivity contribution in [3.63, 3.8) is 0 Å². The Balaban J connectivity index is 0.00000306. The highest BCUT2D eigenvalue weighted by Crippen LogP contribution is 2.31. The fourth-order valence-corrected chi connectivity index (χ4v) is 3.98. The molecule has 2 aromatic carbocycles. The van der Waals surface area contributed by atoms with Crippen LogP contribution in [-0.2, 0) is 6.54 Å². The van der Waals surface area contributed by atoms with Crippen molar-refractivity contribution in [1.82, 2.24) is 15.6 Å². The van der Waals surface area contributed by atoms with Gasteiger partial charge < -0.3 is 20.3 Å². The lowest BCUT2D eigenvalue weighted by molar-refractivity contribution is -0.0495. The average Bonchev–Trinajstić information content (AvgIpc) is 3.26. The minimum Gasteiger partial charge on any atom is -0.433 e. The van der Waals surface area contributed by atoms with Gasteiger partial charge in [0.2, 0.25) is 0 Å². The van der Waals surface area contributed by atoms with Gasteiger partial charge in [-0.25, -0.2) is 4.99 Å². The molecule has 1 unspecified atom stereocenters. The van der Waals surface area contributed by atoms with Crippen LogP contribution in [0, 0.1) is 0 Å². The molecule has 0 amide bonds. The molecule has 9 heteroatoms. The summed E-state index contributed by atoms with van der Waals surface area (Å²) in [5, 5.41) is 7.87. The fourth-order valence-electron chi connectivity index (χ4n) is 3.98. The zero-order chi connectivity index (χ0) is 22.3. The lowest BCUT2D eigenvalue weighted by Gasteiger charge is -2.22. The van der Waals surface area contributed by atoms with Crippen LogP contribution in [0.1, 0.15) is 18.9 Å². The van der Waals surface area contributed by atoms with Gasteiger partial charge in [-0.05, 0) is 37.1 Å². The van der Waals surface area contributed by atoms with Crippen LogP contribution in [0.5, 0.6) is 5.75 Å². The Morgan fingerprint density at radius 2 is 2.00 bits per heavy atom. The van der Waals surface area contributed by atoms with E-state index in [9.17, 15) is 8.78 Å². The third-order valence-corrected chi connectivity index (χ3v) is 5.42. The second-order valence-corrected chi connectivity index (χ2v) is 7.61. The monoisotopic (exact) mass is 567 g/mol. The zero-order valence-electron chi connectivity index (χ0n) is 18.4. The van der Waals surface area contributed by atoms with E-state index in [1.165, 1.54) is 0 Å². The number of hydrogen-bond acceptors (Lipinski definition) is 4. The number of fused-ring (bicyclic) bond motifs is 1. The van der Waals surface area contributed by atoms with E-state index in [2.05, 4.69) is 20.5 Å². The molecular formula is C24H28F2IN5O. The molecule has 0 aliphatic carbocycles. The Bertz CT molecular complexity index is 1080. The van der Waals surface area contributed by atoms with Gasteiger partial charge in [0.25, 0.3) is 0 Å². The summed E-state index contributed by atoms with van der Waals surface area (Å²) in [7, 11) is 0. The maximum absolute atomic E-state index is 12.8. The summed E-state index contributed by atoms with van der Waals surface area (Å²) in [6, 6.07) is 17.1. The van der Waals surface area contributed by atoms with Crippen molar-refractivity contribution in [2.45, 2.75) is 32.5 Å². The largest absolute Gasteiger partial charge is 0.433 e. The van der Waals surface area contributed by atoms with Gasteiger partial charge in [-0.1, -0.05) is 36.4 Å². The Morgan fingerprint density at radius 1 is 1.18 bits per heavy atom. The molecule has 1 aliphatic heterocycles. The molecule has 1 aromatic heterocycles. The van der Waals surface area contributed by atoms with Gasteiger partial charge in [0.1, 0.15) is 5.75 Å². The number of halogens is 3. The number of alkyl halides is 2. The highest BCUT2D eigenvalue weighted by molar-refractivity contribution is 14.0. The SMILES string of the molecule is CCNC(=NCc1cccc2cccnc12)NC1CCN(c2ccccc2OC(F)F)C1.I. The minimum absolute atomic E-state index is 0. The summed E-state index contributed by atoms with van der Waals surface area (Å²) in [6.07, 6.45) is 2.66. The number of hydrogen-bond donors (Lipinski definition) is 2. The molecule has 3 aromatic rings. The highest BCUT2D eigenvalue weighted by atomic mass is 127. The van der Waals surface area contributed by atoms with E-state index in [-0.39, 0.29) is 35.8 Å². The molecule has 0 spiro atoms. The quantitative estimate of drug-likeness (QED) is 0.245. The molecule has 2 N–H and O–H groups in total. The third-order valence-electron chi connectivity index (χ3n) is 5.42. The fraction of sp³-hybridized carbons (Fsp3) is 0.333. The number of benzene rings is 2. The van der Waals surface area contributed by atoms with E-state index in [0.717, 1.165) is 41.9 Å². The molecule has 1 saturated heterocycles. The number of pyridine rings is 1. The maximum Gasteiger partial charge on any atom is 0.387 e. The van der Waals surface area contributed by atoms with Gasteiger partial charge in [-0.15, -0.1) is 24.0 Å². The molecule has 2 heterocycles. The average molecular weight is 567 g/mol.